The van der Waals surface area contributed by atoms with Gasteiger partial charge in [-0.15, -0.1) is 0 Å². The molecule has 0 radical (unpaired) electrons. The van der Waals surface area contributed by atoms with Gasteiger partial charge in [0, 0.05) is 25.1 Å². The van der Waals surface area contributed by atoms with E-state index < -0.39 is 42.1 Å². The van der Waals surface area contributed by atoms with E-state index in [4.69, 9.17) is 0 Å². The van der Waals surface area contributed by atoms with E-state index in [2.05, 4.69) is 21.3 Å². The van der Waals surface area contributed by atoms with E-state index in [-0.39, 0.29) is 25.3 Å². The SMILES string of the molecule is CN[C@H](C(=O)N[C@H]1C[C@@H](O)CCNC(=O)/C=C/[C@H](C)NC1=O)[C@@H](C)O. The highest BCUT2D eigenvalue weighted by Gasteiger charge is 2.29. The number of aliphatic hydroxyl groups excluding tert-OH is 2. The first-order chi connectivity index (χ1) is 11.7. The Bertz CT molecular complexity index is 509. The summed E-state index contributed by atoms with van der Waals surface area (Å²) >= 11 is 0. The number of rotatable bonds is 4. The lowest BCUT2D eigenvalue weighted by atomic mass is 10.0. The normalized spacial score (nSPS) is 29.2. The minimum absolute atomic E-state index is 0.000121. The number of amides is 3. The Balaban J connectivity index is 2.89. The maximum atomic E-state index is 12.4. The van der Waals surface area contributed by atoms with Gasteiger partial charge in [0.15, 0.2) is 0 Å². The molecule has 1 heterocycles. The van der Waals surface area contributed by atoms with Crippen LogP contribution in [0.3, 0.4) is 0 Å². The first kappa shape index (κ1) is 21.1. The van der Waals surface area contributed by atoms with Crippen molar-refractivity contribution >= 4 is 17.7 Å². The van der Waals surface area contributed by atoms with Gasteiger partial charge in [0.05, 0.1) is 12.2 Å². The molecule has 9 nitrogen and oxygen atoms in total. The highest BCUT2D eigenvalue weighted by atomic mass is 16.3. The number of nitrogens with one attached hydrogen (secondary N) is 4. The highest BCUT2D eigenvalue weighted by Crippen LogP contribution is 2.06. The summed E-state index contributed by atoms with van der Waals surface area (Å²) in [6, 6.07) is -2.25. The van der Waals surface area contributed by atoms with Crippen LogP contribution in [0.5, 0.6) is 0 Å². The van der Waals surface area contributed by atoms with Crippen LogP contribution in [-0.4, -0.2) is 71.9 Å². The molecule has 3 amide bonds. The fraction of sp³-hybridized carbons (Fsp3) is 0.688. The summed E-state index contributed by atoms with van der Waals surface area (Å²) < 4.78 is 0. The van der Waals surface area contributed by atoms with E-state index in [1.807, 2.05) is 0 Å². The summed E-state index contributed by atoms with van der Waals surface area (Å²) in [6.07, 6.45) is 1.28. The van der Waals surface area contributed by atoms with Gasteiger partial charge in [-0.2, -0.15) is 0 Å². The molecule has 0 spiro atoms. The van der Waals surface area contributed by atoms with Gasteiger partial charge in [-0.05, 0) is 27.3 Å². The number of hydrogen-bond acceptors (Lipinski definition) is 6. The van der Waals surface area contributed by atoms with Gasteiger partial charge in [0.1, 0.15) is 12.1 Å². The van der Waals surface area contributed by atoms with Crippen LogP contribution in [0.2, 0.25) is 0 Å². The Kier molecular flexibility index (Phi) is 8.53. The standard InChI is InChI=1S/C16H28N4O5/c1-9-4-5-13(23)18-7-6-11(22)8-12(15(24)19-9)20-16(25)14(17-3)10(2)21/h4-5,9-12,14,17,21-22H,6-8H2,1-3H3,(H,18,23)(H,19,24)(H,20,25)/b5-4+/t9-,10+,11-,12-,14-/m0/s1. The van der Waals surface area contributed by atoms with Crippen LogP contribution >= 0.6 is 0 Å². The zero-order chi connectivity index (χ0) is 19.0. The average Bonchev–Trinajstić information content (AvgIpc) is 2.51. The van der Waals surface area contributed by atoms with Crippen LogP contribution in [0.1, 0.15) is 26.7 Å². The van der Waals surface area contributed by atoms with Gasteiger partial charge in [-0.3, -0.25) is 14.4 Å². The number of carbonyl (C=O) groups excluding carboxylic acids is 3. The summed E-state index contributed by atoms with van der Waals surface area (Å²) in [5.74, 6) is -1.30. The molecule has 0 aliphatic carbocycles. The van der Waals surface area contributed by atoms with Crippen molar-refractivity contribution < 1.29 is 24.6 Å². The lowest BCUT2D eigenvalue weighted by Crippen LogP contribution is -2.56. The first-order valence-corrected chi connectivity index (χ1v) is 8.34. The van der Waals surface area contributed by atoms with E-state index in [9.17, 15) is 24.6 Å². The van der Waals surface area contributed by atoms with E-state index in [0.29, 0.717) is 0 Å². The van der Waals surface area contributed by atoms with Gasteiger partial charge in [0.2, 0.25) is 17.7 Å². The van der Waals surface area contributed by atoms with Crippen molar-refractivity contribution in [3.8, 4) is 0 Å². The third-order valence-corrected chi connectivity index (χ3v) is 3.90. The maximum Gasteiger partial charge on any atom is 0.243 e. The minimum atomic E-state index is -0.955. The second-order valence-electron chi connectivity index (χ2n) is 6.19. The van der Waals surface area contributed by atoms with Crippen molar-refractivity contribution in [3.05, 3.63) is 12.2 Å². The van der Waals surface area contributed by atoms with Crippen LogP contribution in [0.15, 0.2) is 12.2 Å². The Morgan fingerprint density at radius 2 is 2.08 bits per heavy atom. The van der Waals surface area contributed by atoms with E-state index in [0.717, 1.165) is 0 Å². The number of hydrogen-bond donors (Lipinski definition) is 6. The van der Waals surface area contributed by atoms with E-state index >= 15 is 0 Å². The minimum Gasteiger partial charge on any atom is -0.393 e. The molecule has 142 valence electrons. The number of carbonyl (C=O) groups is 3. The van der Waals surface area contributed by atoms with Crippen molar-refractivity contribution in [2.75, 3.05) is 13.6 Å². The van der Waals surface area contributed by atoms with Gasteiger partial charge in [0.25, 0.3) is 0 Å². The molecule has 0 saturated carbocycles. The monoisotopic (exact) mass is 356 g/mol. The highest BCUT2D eigenvalue weighted by molar-refractivity contribution is 5.90. The van der Waals surface area contributed by atoms with Crippen LogP contribution in [0, 0.1) is 0 Å². The number of likely N-dealkylation sites (N-methyl/N-ethyl adjacent to an activating group) is 1. The molecular formula is C16H28N4O5. The molecule has 0 aromatic rings. The number of aliphatic hydroxyl groups is 2. The van der Waals surface area contributed by atoms with Crippen molar-refractivity contribution in [3.63, 3.8) is 0 Å². The largest absolute Gasteiger partial charge is 0.393 e. The quantitative estimate of drug-likeness (QED) is 0.337. The van der Waals surface area contributed by atoms with Gasteiger partial charge < -0.3 is 31.5 Å². The summed E-state index contributed by atoms with van der Waals surface area (Å²) in [6.45, 7) is 3.41. The fourth-order valence-electron chi connectivity index (χ4n) is 2.50. The Morgan fingerprint density at radius 3 is 2.68 bits per heavy atom. The predicted molar refractivity (Wildman–Crippen MR) is 91.5 cm³/mol. The molecule has 1 rings (SSSR count). The molecule has 1 aliphatic heterocycles. The molecular weight excluding hydrogens is 328 g/mol. The van der Waals surface area contributed by atoms with Crippen molar-refractivity contribution in [1.29, 1.82) is 0 Å². The van der Waals surface area contributed by atoms with Crippen LogP contribution < -0.4 is 21.3 Å². The lowest BCUT2D eigenvalue weighted by molar-refractivity contribution is -0.132. The van der Waals surface area contributed by atoms with Crippen molar-refractivity contribution in [2.45, 2.75) is 57.0 Å². The molecule has 0 aromatic carbocycles. The molecule has 0 fully saturated rings. The van der Waals surface area contributed by atoms with Crippen LogP contribution in [0.4, 0.5) is 0 Å². The second-order valence-corrected chi connectivity index (χ2v) is 6.19. The topological polar surface area (TPSA) is 140 Å². The van der Waals surface area contributed by atoms with E-state index in [1.54, 1.807) is 6.92 Å². The predicted octanol–water partition coefficient (Wildman–Crippen LogP) is -2.23. The summed E-state index contributed by atoms with van der Waals surface area (Å²) in [5.41, 5.74) is 0. The van der Waals surface area contributed by atoms with Gasteiger partial charge >= 0.3 is 0 Å². The zero-order valence-electron chi connectivity index (χ0n) is 14.8. The van der Waals surface area contributed by atoms with Crippen molar-refractivity contribution in [2.24, 2.45) is 0 Å². The maximum absolute atomic E-state index is 12.4. The molecule has 6 N–H and O–H groups in total. The average molecular weight is 356 g/mol. The summed E-state index contributed by atoms with van der Waals surface area (Å²) in [7, 11) is 1.53. The Hall–Kier alpha value is -1.97. The molecule has 1 aliphatic rings. The van der Waals surface area contributed by atoms with E-state index in [1.165, 1.54) is 26.1 Å². The van der Waals surface area contributed by atoms with Crippen molar-refractivity contribution in [1.82, 2.24) is 21.3 Å². The molecule has 5 atom stereocenters. The second kappa shape index (κ2) is 10.1. The van der Waals surface area contributed by atoms with Gasteiger partial charge in [-0.25, -0.2) is 0 Å². The van der Waals surface area contributed by atoms with Gasteiger partial charge in [-0.1, -0.05) is 6.08 Å². The lowest BCUT2D eigenvalue weighted by Gasteiger charge is -2.26. The third kappa shape index (κ3) is 7.20. The van der Waals surface area contributed by atoms with Crippen LogP contribution in [0.25, 0.3) is 0 Å². The summed E-state index contributed by atoms with van der Waals surface area (Å²) in [5, 5.41) is 30.3. The molecule has 0 aromatic heterocycles. The fourth-order valence-corrected chi connectivity index (χ4v) is 2.50. The smallest absolute Gasteiger partial charge is 0.243 e. The Labute approximate surface area is 147 Å². The van der Waals surface area contributed by atoms with Crippen LogP contribution in [-0.2, 0) is 14.4 Å². The molecule has 0 unspecified atom stereocenters. The Morgan fingerprint density at radius 1 is 1.40 bits per heavy atom. The molecule has 0 bridgehead atoms. The molecule has 9 heteroatoms. The zero-order valence-corrected chi connectivity index (χ0v) is 14.8. The molecule has 0 saturated heterocycles. The molecule has 25 heavy (non-hydrogen) atoms. The first-order valence-electron chi connectivity index (χ1n) is 8.34. The third-order valence-electron chi connectivity index (χ3n) is 3.90. The summed E-state index contributed by atoms with van der Waals surface area (Å²) in [4.78, 5) is 36.2.